The molecule has 1 fully saturated rings. The number of halogens is 4. The molecule has 1 aliphatic heterocycles. The highest BCUT2D eigenvalue weighted by Gasteiger charge is 2.29. The van der Waals surface area contributed by atoms with Gasteiger partial charge >= 0.3 is 6.18 Å². The molecule has 35 heavy (non-hydrogen) atoms. The number of thiophene rings is 1. The van der Waals surface area contributed by atoms with Crippen LogP contribution in [0.15, 0.2) is 23.8 Å². The second-order valence-electron chi connectivity index (χ2n) is 9.14. The van der Waals surface area contributed by atoms with Gasteiger partial charge in [0.05, 0.1) is 17.9 Å². The Kier molecular flexibility index (Phi) is 6.47. The summed E-state index contributed by atoms with van der Waals surface area (Å²) in [7, 11) is 0. The third-order valence-electron chi connectivity index (χ3n) is 6.67. The maximum atomic E-state index is 12.8. The Morgan fingerprint density at radius 2 is 2.03 bits per heavy atom. The van der Waals surface area contributed by atoms with Crippen LogP contribution in [-0.2, 0) is 19.4 Å². The lowest BCUT2D eigenvalue weighted by atomic mass is 9.97. The number of aromatic nitrogens is 2. The number of likely N-dealkylation sites (tertiary alicyclic amines) is 1. The molecule has 2 aromatic heterocycles. The fraction of sp³-hybridized carbons (Fsp3) is 0.400. The van der Waals surface area contributed by atoms with Crippen LogP contribution in [0.5, 0.6) is 0 Å². The van der Waals surface area contributed by atoms with E-state index in [1.165, 1.54) is 28.3 Å². The predicted molar refractivity (Wildman–Crippen MR) is 133 cm³/mol. The molecular weight excluding hydrogens is 495 g/mol. The standard InChI is InChI=1S/C25H23ClF3N5S/c1-14-17(3-2-16-8-15(12-30)9-20(14)16)13-34-6-4-18(5-7-34)31-22-21-10-19(11-25(27,28)29)35-23(21)33-24(26)32-22/h2-3,9-10,18H,4-8,11,13H2,1H3,(H,31,32,33). The highest BCUT2D eigenvalue weighted by atomic mass is 35.5. The van der Waals surface area contributed by atoms with Crippen molar-refractivity contribution in [2.24, 2.45) is 0 Å². The number of hydrogen-bond acceptors (Lipinski definition) is 6. The maximum Gasteiger partial charge on any atom is 0.393 e. The minimum atomic E-state index is -4.27. The molecule has 2 aliphatic rings. The number of nitrogens with zero attached hydrogens (tertiary/aromatic N) is 4. The van der Waals surface area contributed by atoms with E-state index in [1.807, 2.05) is 6.08 Å². The van der Waals surface area contributed by atoms with E-state index in [2.05, 4.69) is 45.3 Å². The first-order chi connectivity index (χ1) is 16.7. The minimum Gasteiger partial charge on any atom is -0.367 e. The van der Waals surface area contributed by atoms with E-state index in [1.54, 1.807) is 0 Å². The highest BCUT2D eigenvalue weighted by molar-refractivity contribution is 7.18. The van der Waals surface area contributed by atoms with Gasteiger partial charge in [-0.15, -0.1) is 11.3 Å². The third-order valence-corrected chi connectivity index (χ3v) is 7.87. The van der Waals surface area contributed by atoms with Gasteiger partial charge in [0.25, 0.3) is 0 Å². The zero-order valence-electron chi connectivity index (χ0n) is 19.0. The molecule has 0 spiro atoms. The molecule has 0 atom stereocenters. The van der Waals surface area contributed by atoms with Gasteiger partial charge in [-0.25, -0.2) is 9.97 Å². The van der Waals surface area contributed by atoms with Crippen LogP contribution in [0, 0.1) is 18.3 Å². The Morgan fingerprint density at radius 3 is 2.74 bits per heavy atom. The molecule has 10 heteroatoms. The zero-order chi connectivity index (χ0) is 24.7. The van der Waals surface area contributed by atoms with Crippen LogP contribution in [0.4, 0.5) is 19.0 Å². The van der Waals surface area contributed by atoms with E-state index in [0.717, 1.165) is 49.4 Å². The van der Waals surface area contributed by atoms with E-state index in [4.69, 9.17) is 11.6 Å². The number of allylic oxidation sites excluding steroid dienone is 1. The van der Waals surface area contributed by atoms with Gasteiger partial charge in [-0.05, 0) is 65.8 Å². The lowest BCUT2D eigenvalue weighted by molar-refractivity contribution is -0.126. The fourth-order valence-electron chi connectivity index (χ4n) is 4.87. The van der Waals surface area contributed by atoms with Crippen LogP contribution < -0.4 is 5.32 Å². The summed E-state index contributed by atoms with van der Waals surface area (Å²) in [4.78, 5) is 11.5. The number of fused-ring (bicyclic) bond motifs is 2. The molecule has 3 aromatic rings. The Labute approximate surface area is 210 Å². The van der Waals surface area contributed by atoms with Crippen LogP contribution in [0.25, 0.3) is 16.3 Å². The van der Waals surface area contributed by atoms with Crippen molar-refractivity contribution in [3.05, 3.63) is 56.2 Å². The number of hydrogen-bond donors (Lipinski definition) is 1. The molecule has 0 unspecified atom stereocenters. The predicted octanol–water partition coefficient (Wildman–Crippen LogP) is 6.30. The van der Waals surface area contributed by atoms with Crippen molar-refractivity contribution < 1.29 is 13.2 Å². The Hall–Kier alpha value is -2.67. The van der Waals surface area contributed by atoms with Crippen molar-refractivity contribution in [3.63, 3.8) is 0 Å². The largest absolute Gasteiger partial charge is 0.393 e. The first-order valence-electron chi connectivity index (χ1n) is 11.4. The summed E-state index contributed by atoms with van der Waals surface area (Å²) in [5, 5.41) is 13.2. The molecule has 0 bridgehead atoms. The lowest BCUT2D eigenvalue weighted by Crippen LogP contribution is -2.39. The maximum absolute atomic E-state index is 12.8. The zero-order valence-corrected chi connectivity index (χ0v) is 20.6. The minimum absolute atomic E-state index is 0.0264. The number of nitrogens with one attached hydrogen (secondary N) is 1. The molecule has 0 amide bonds. The SMILES string of the molecule is Cc1c(CN2CCC(Nc3nc(Cl)nc4sc(CC(F)(F)F)cc34)CC2)ccc2c1C=C(C#N)C2. The summed E-state index contributed by atoms with van der Waals surface area (Å²) < 4.78 is 38.5. The first-order valence-corrected chi connectivity index (χ1v) is 12.6. The van der Waals surface area contributed by atoms with Crippen molar-refractivity contribution in [2.45, 2.75) is 51.4 Å². The number of nitriles is 1. The van der Waals surface area contributed by atoms with Gasteiger partial charge in [0, 0.05) is 42.5 Å². The van der Waals surface area contributed by atoms with Crippen LogP contribution in [0.2, 0.25) is 5.28 Å². The Balaban J connectivity index is 1.24. The van der Waals surface area contributed by atoms with Crippen molar-refractivity contribution in [1.82, 2.24) is 14.9 Å². The van der Waals surface area contributed by atoms with Crippen molar-refractivity contribution >= 4 is 45.0 Å². The second-order valence-corrected chi connectivity index (χ2v) is 10.6. The van der Waals surface area contributed by atoms with Crippen LogP contribution in [0.3, 0.4) is 0 Å². The number of piperidine rings is 1. The summed E-state index contributed by atoms with van der Waals surface area (Å²) in [6.45, 7) is 4.74. The van der Waals surface area contributed by atoms with Gasteiger partial charge in [-0.2, -0.15) is 18.4 Å². The molecule has 5 rings (SSSR count). The van der Waals surface area contributed by atoms with Gasteiger partial charge in [-0.3, -0.25) is 4.90 Å². The second kappa shape index (κ2) is 9.41. The van der Waals surface area contributed by atoms with Crippen molar-refractivity contribution in [3.8, 4) is 6.07 Å². The summed E-state index contributed by atoms with van der Waals surface area (Å²) >= 11 is 7.06. The van der Waals surface area contributed by atoms with Crippen LogP contribution >= 0.6 is 22.9 Å². The van der Waals surface area contributed by atoms with Gasteiger partial charge in [0.2, 0.25) is 5.28 Å². The molecule has 182 valence electrons. The first kappa shape index (κ1) is 24.0. The van der Waals surface area contributed by atoms with E-state index in [0.29, 0.717) is 22.5 Å². The van der Waals surface area contributed by atoms with Crippen LogP contribution in [-0.4, -0.2) is 40.2 Å². The van der Waals surface area contributed by atoms with Gasteiger partial charge < -0.3 is 5.32 Å². The number of benzene rings is 1. The molecule has 1 saturated heterocycles. The molecule has 1 aromatic carbocycles. The molecule has 1 aliphatic carbocycles. The number of rotatable bonds is 5. The van der Waals surface area contributed by atoms with E-state index in [-0.39, 0.29) is 16.2 Å². The Morgan fingerprint density at radius 1 is 1.26 bits per heavy atom. The topological polar surface area (TPSA) is 64.8 Å². The molecule has 5 nitrogen and oxygen atoms in total. The number of anilines is 1. The van der Waals surface area contributed by atoms with E-state index >= 15 is 0 Å². The van der Waals surface area contributed by atoms with E-state index < -0.39 is 12.6 Å². The smallest absolute Gasteiger partial charge is 0.367 e. The average Bonchev–Trinajstić information content (AvgIpc) is 3.39. The average molecular weight is 518 g/mol. The lowest BCUT2D eigenvalue weighted by Gasteiger charge is -2.33. The van der Waals surface area contributed by atoms with Gasteiger partial charge in [0.1, 0.15) is 10.6 Å². The van der Waals surface area contributed by atoms with E-state index in [9.17, 15) is 18.4 Å². The molecular formula is C25H23ClF3N5S. The molecule has 3 heterocycles. The number of alkyl halides is 3. The van der Waals surface area contributed by atoms with Crippen molar-refractivity contribution in [1.29, 1.82) is 5.26 Å². The van der Waals surface area contributed by atoms with Crippen LogP contribution in [0.1, 0.15) is 40.0 Å². The summed E-state index contributed by atoms with van der Waals surface area (Å²) in [5.41, 5.74) is 5.71. The van der Waals surface area contributed by atoms with Gasteiger partial charge in [-0.1, -0.05) is 12.1 Å². The fourth-order valence-corrected chi connectivity index (χ4v) is 6.15. The monoisotopic (exact) mass is 517 g/mol. The summed E-state index contributed by atoms with van der Waals surface area (Å²) in [6.07, 6.45) is -0.784. The third kappa shape index (κ3) is 5.30. The molecule has 1 N–H and O–H groups in total. The van der Waals surface area contributed by atoms with Gasteiger partial charge in [0.15, 0.2) is 0 Å². The Bertz CT molecular complexity index is 1350. The van der Waals surface area contributed by atoms with Crippen molar-refractivity contribution in [2.75, 3.05) is 18.4 Å². The molecule has 0 radical (unpaired) electrons. The quantitative estimate of drug-likeness (QED) is 0.402. The summed E-state index contributed by atoms with van der Waals surface area (Å²) in [6, 6.07) is 8.23. The molecule has 0 saturated carbocycles. The normalized spacial score (nSPS) is 16.9. The highest BCUT2D eigenvalue weighted by Crippen LogP contribution is 2.35. The summed E-state index contributed by atoms with van der Waals surface area (Å²) in [5.74, 6) is 0.498.